The summed E-state index contributed by atoms with van der Waals surface area (Å²) in [7, 11) is 1.70. The van der Waals surface area contributed by atoms with Gasteiger partial charge in [0, 0.05) is 34.0 Å². The zero-order valence-corrected chi connectivity index (χ0v) is 16.5. The van der Waals surface area contributed by atoms with Crippen LogP contribution in [-0.4, -0.2) is 17.1 Å². The number of aromatic amines is 1. The average Bonchev–Trinajstić information content (AvgIpc) is 3.08. The van der Waals surface area contributed by atoms with E-state index in [1.54, 1.807) is 7.11 Å². The van der Waals surface area contributed by atoms with Gasteiger partial charge in [0.2, 0.25) is 0 Å². The number of nitrogens with zero attached hydrogens (tertiary/aromatic N) is 1. The normalized spacial score (nSPS) is 15.1. The number of allylic oxidation sites excluding steroid dienone is 1. The molecule has 140 valence electrons. The predicted molar refractivity (Wildman–Crippen MR) is 116 cm³/mol. The molecule has 0 fully saturated rings. The maximum atomic E-state index is 5.30. The fourth-order valence-corrected chi connectivity index (χ4v) is 4.24. The number of H-pyrrole nitrogens is 1. The number of hydrogen-bond donors (Lipinski definition) is 1. The molecule has 28 heavy (non-hydrogen) atoms. The molecule has 0 saturated heterocycles. The SMILES string of the molecule is COc1ccc(Cc2nc3c(c4c2[nH]c2ccccc24)C=CC(C)(C)C3)cc1. The van der Waals surface area contributed by atoms with Gasteiger partial charge in [-0.1, -0.05) is 56.3 Å². The molecule has 1 aliphatic carbocycles. The van der Waals surface area contributed by atoms with E-state index in [1.165, 1.54) is 33.1 Å². The first-order valence-electron chi connectivity index (χ1n) is 9.78. The second-order valence-electron chi connectivity index (χ2n) is 8.36. The summed E-state index contributed by atoms with van der Waals surface area (Å²) in [5.41, 5.74) is 7.28. The van der Waals surface area contributed by atoms with E-state index in [0.29, 0.717) is 0 Å². The Bertz CT molecular complexity index is 1210. The predicted octanol–water partition coefficient (Wildman–Crippen LogP) is 5.91. The van der Waals surface area contributed by atoms with E-state index in [-0.39, 0.29) is 5.41 Å². The zero-order valence-electron chi connectivity index (χ0n) is 16.5. The minimum atomic E-state index is 0.136. The van der Waals surface area contributed by atoms with Crippen LogP contribution < -0.4 is 4.74 Å². The minimum Gasteiger partial charge on any atom is -0.497 e. The van der Waals surface area contributed by atoms with Crippen LogP contribution >= 0.6 is 0 Å². The van der Waals surface area contributed by atoms with Crippen LogP contribution in [0.5, 0.6) is 5.75 Å². The molecule has 2 aromatic carbocycles. The summed E-state index contributed by atoms with van der Waals surface area (Å²) >= 11 is 0. The Labute approximate surface area is 165 Å². The highest BCUT2D eigenvalue weighted by Gasteiger charge is 2.25. The molecular weight excluding hydrogens is 344 g/mol. The van der Waals surface area contributed by atoms with Crippen LogP contribution in [0.3, 0.4) is 0 Å². The van der Waals surface area contributed by atoms with Gasteiger partial charge in [-0.25, -0.2) is 0 Å². The fraction of sp³-hybridized carbons (Fsp3) is 0.240. The second-order valence-corrected chi connectivity index (χ2v) is 8.36. The van der Waals surface area contributed by atoms with Crippen LogP contribution in [0.2, 0.25) is 0 Å². The molecule has 0 atom stereocenters. The summed E-state index contributed by atoms with van der Waals surface area (Å²) in [6.45, 7) is 4.55. The molecule has 5 rings (SSSR count). The van der Waals surface area contributed by atoms with Crippen LogP contribution in [0, 0.1) is 5.41 Å². The van der Waals surface area contributed by atoms with Crippen molar-refractivity contribution in [3.63, 3.8) is 0 Å². The van der Waals surface area contributed by atoms with Crippen molar-refractivity contribution in [2.75, 3.05) is 7.11 Å². The largest absolute Gasteiger partial charge is 0.497 e. The maximum absolute atomic E-state index is 5.30. The number of para-hydroxylation sites is 1. The summed E-state index contributed by atoms with van der Waals surface area (Å²) in [5.74, 6) is 0.879. The van der Waals surface area contributed by atoms with Crippen molar-refractivity contribution in [1.82, 2.24) is 9.97 Å². The Hall–Kier alpha value is -3.07. The molecule has 2 heterocycles. The second kappa shape index (κ2) is 6.23. The standard InChI is InChI=1S/C25H24N2O/c1-25(2)13-12-19-22(15-25)26-21(14-16-8-10-17(28-3)11-9-16)24-23(19)18-6-4-5-7-20(18)27-24/h4-13,27H,14-15H2,1-3H3. The van der Waals surface area contributed by atoms with Crippen LogP contribution in [-0.2, 0) is 12.8 Å². The molecule has 1 aliphatic rings. The number of benzene rings is 2. The summed E-state index contributed by atoms with van der Waals surface area (Å²) in [4.78, 5) is 8.80. The van der Waals surface area contributed by atoms with Crippen LogP contribution in [0.15, 0.2) is 54.6 Å². The van der Waals surface area contributed by atoms with E-state index in [4.69, 9.17) is 9.72 Å². The monoisotopic (exact) mass is 368 g/mol. The summed E-state index contributed by atoms with van der Waals surface area (Å²) < 4.78 is 5.30. The molecule has 0 radical (unpaired) electrons. The summed E-state index contributed by atoms with van der Waals surface area (Å²) in [5, 5.41) is 2.58. The molecule has 3 nitrogen and oxygen atoms in total. The molecule has 4 aromatic rings. The first-order valence-corrected chi connectivity index (χ1v) is 9.78. The quantitative estimate of drug-likeness (QED) is 0.488. The smallest absolute Gasteiger partial charge is 0.118 e. The molecule has 0 spiro atoms. The average molecular weight is 368 g/mol. The highest BCUT2D eigenvalue weighted by Crippen LogP contribution is 2.39. The Morgan fingerprint density at radius 2 is 1.86 bits per heavy atom. The number of aromatic nitrogens is 2. The van der Waals surface area contributed by atoms with Gasteiger partial charge in [-0.3, -0.25) is 4.98 Å². The van der Waals surface area contributed by atoms with Gasteiger partial charge in [0.1, 0.15) is 5.75 Å². The van der Waals surface area contributed by atoms with Gasteiger partial charge in [0.25, 0.3) is 0 Å². The molecule has 0 unspecified atom stereocenters. The topological polar surface area (TPSA) is 37.9 Å². The number of rotatable bonds is 3. The number of pyridine rings is 1. The number of fused-ring (bicyclic) bond motifs is 5. The lowest BCUT2D eigenvalue weighted by Gasteiger charge is -2.26. The van der Waals surface area contributed by atoms with Crippen LogP contribution in [0.4, 0.5) is 0 Å². The Morgan fingerprint density at radius 1 is 1.07 bits per heavy atom. The lowest BCUT2D eigenvalue weighted by molar-refractivity contribution is 0.414. The number of ether oxygens (including phenoxy) is 1. The van der Waals surface area contributed by atoms with Crippen molar-refractivity contribution in [3.05, 3.63) is 77.1 Å². The number of methoxy groups -OCH3 is 1. The molecule has 2 aromatic heterocycles. The van der Waals surface area contributed by atoms with E-state index >= 15 is 0 Å². The van der Waals surface area contributed by atoms with Gasteiger partial charge in [-0.2, -0.15) is 0 Å². The van der Waals surface area contributed by atoms with Crippen molar-refractivity contribution in [3.8, 4) is 5.75 Å². The first-order chi connectivity index (χ1) is 13.5. The van der Waals surface area contributed by atoms with E-state index in [1.807, 2.05) is 12.1 Å². The molecule has 0 amide bonds. The van der Waals surface area contributed by atoms with Crippen molar-refractivity contribution in [1.29, 1.82) is 0 Å². The number of hydrogen-bond acceptors (Lipinski definition) is 2. The van der Waals surface area contributed by atoms with Gasteiger partial charge in [0.05, 0.1) is 18.3 Å². The highest BCUT2D eigenvalue weighted by molar-refractivity contribution is 6.12. The minimum absolute atomic E-state index is 0.136. The molecule has 0 saturated carbocycles. The van der Waals surface area contributed by atoms with Crippen LogP contribution in [0.25, 0.3) is 27.9 Å². The molecule has 0 bridgehead atoms. The summed E-state index contributed by atoms with van der Waals surface area (Å²) in [6, 6.07) is 16.8. The fourth-order valence-electron chi connectivity index (χ4n) is 4.24. The zero-order chi connectivity index (χ0) is 19.3. The maximum Gasteiger partial charge on any atom is 0.118 e. The number of nitrogens with one attached hydrogen (secondary N) is 1. The first kappa shape index (κ1) is 17.1. The van der Waals surface area contributed by atoms with Gasteiger partial charge in [-0.15, -0.1) is 0 Å². The molecular formula is C25H24N2O. The lowest BCUT2D eigenvalue weighted by Crippen LogP contribution is -2.18. The van der Waals surface area contributed by atoms with Gasteiger partial charge in [-0.05, 0) is 35.6 Å². The molecule has 1 N–H and O–H groups in total. The molecule has 3 heteroatoms. The Morgan fingerprint density at radius 3 is 2.64 bits per heavy atom. The molecule has 0 aliphatic heterocycles. The van der Waals surface area contributed by atoms with Gasteiger partial charge < -0.3 is 9.72 Å². The van der Waals surface area contributed by atoms with Crippen molar-refractivity contribution >= 4 is 27.9 Å². The Kier molecular flexibility index (Phi) is 3.80. The highest BCUT2D eigenvalue weighted by atomic mass is 16.5. The van der Waals surface area contributed by atoms with Crippen molar-refractivity contribution in [2.24, 2.45) is 5.41 Å². The van der Waals surface area contributed by atoms with Crippen molar-refractivity contribution < 1.29 is 4.74 Å². The lowest BCUT2D eigenvalue weighted by atomic mass is 9.80. The van der Waals surface area contributed by atoms with Gasteiger partial charge in [0.15, 0.2) is 0 Å². The van der Waals surface area contributed by atoms with E-state index in [0.717, 1.165) is 29.8 Å². The summed E-state index contributed by atoms with van der Waals surface area (Å²) in [6.07, 6.45) is 6.35. The van der Waals surface area contributed by atoms with E-state index in [9.17, 15) is 0 Å². The third-order valence-corrected chi connectivity index (χ3v) is 5.70. The Balaban J connectivity index is 1.73. The van der Waals surface area contributed by atoms with E-state index < -0.39 is 0 Å². The van der Waals surface area contributed by atoms with E-state index in [2.05, 4.69) is 67.4 Å². The van der Waals surface area contributed by atoms with Crippen LogP contribution in [0.1, 0.15) is 36.4 Å². The third kappa shape index (κ3) is 2.78. The van der Waals surface area contributed by atoms with Gasteiger partial charge >= 0.3 is 0 Å². The third-order valence-electron chi connectivity index (χ3n) is 5.70. The van der Waals surface area contributed by atoms with Crippen molar-refractivity contribution in [2.45, 2.75) is 26.7 Å².